The highest BCUT2D eigenvalue weighted by Gasteiger charge is 2.19. The van der Waals surface area contributed by atoms with Crippen molar-refractivity contribution in [1.82, 2.24) is 14.8 Å². The van der Waals surface area contributed by atoms with Gasteiger partial charge in [0.1, 0.15) is 0 Å². The Morgan fingerprint density at radius 2 is 1.78 bits per heavy atom. The smallest absolute Gasteiger partial charge is 0.253 e. The van der Waals surface area contributed by atoms with Crippen molar-refractivity contribution in [2.75, 3.05) is 7.05 Å². The van der Waals surface area contributed by atoms with Crippen molar-refractivity contribution in [2.24, 2.45) is 0 Å². The third-order valence-electron chi connectivity index (χ3n) is 6.64. The second-order valence-electron chi connectivity index (χ2n) is 9.25. The van der Waals surface area contributed by atoms with Crippen molar-refractivity contribution in [2.45, 2.75) is 78.4 Å². The van der Waals surface area contributed by atoms with Crippen molar-refractivity contribution in [3.05, 3.63) is 64.5 Å². The van der Waals surface area contributed by atoms with E-state index in [0.717, 1.165) is 11.1 Å². The summed E-state index contributed by atoms with van der Waals surface area (Å²) < 4.78 is 2.45. The van der Waals surface area contributed by atoms with Gasteiger partial charge in [0.2, 0.25) is 5.91 Å². The lowest BCUT2D eigenvalue weighted by molar-refractivity contribution is -0.116. The van der Waals surface area contributed by atoms with E-state index in [1.807, 2.05) is 44.2 Å². The highest BCUT2D eigenvalue weighted by molar-refractivity contribution is 5.94. The summed E-state index contributed by atoms with van der Waals surface area (Å²) in [6.45, 7) is 8.72. The first-order valence-corrected chi connectivity index (χ1v) is 11.8. The first-order chi connectivity index (χ1) is 15.3. The molecule has 1 aliphatic rings. The molecule has 1 aliphatic carbocycles. The molecule has 0 atom stereocenters. The fourth-order valence-corrected chi connectivity index (χ4v) is 4.49. The van der Waals surface area contributed by atoms with Gasteiger partial charge in [0.25, 0.3) is 5.91 Å². The molecule has 1 aromatic heterocycles. The molecule has 1 aromatic carbocycles. The average molecular weight is 436 g/mol. The van der Waals surface area contributed by atoms with Gasteiger partial charge in [0.15, 0.2) is 0 Å². The minimum absolute atomic E-state index is 0.00402. The number of aromatic nitrogens is 1. The third kappa shape index (κ3) is 5.70. The number of rotatable bonds is 7. The molecule has 0 spiro atoms. The molecule has 1 N–H and O–H groups in total. The van der Waals surface area contributed by atoms with Crippen molar-refractivity contribution in [3.63, 3.8) is 0 Å². The number of carbonyl (C=O) groups excluding carboxylic acids is 2. The molecule has 3 rings (SSSR count). The van der Waals surface area contributed by atoms with E-state index in [4.69, 9.17) is 0 Å². The van der Waals surface area contributed by atoms with Gasteiger partial charge in [0.05, 0.1) is 0 Å². The van der Waals surface area contributed by atoms with Crippen LogP contribution in [0, 0.1) is 13.8 Å². The van der Waals surface area contributed by atoms with E-state index in [9.17, 15) is 9.59 Å². The average Bonchev–Trinajstić information content (AvgIpc) is 3.08. The van der Waals surface area contributed by atoms with E-state index < -0.39 is 0 Å². The molecule has 0 bridgehead atoms. The Morgan fingerprint density at radius 3 is 2.41 bits per heavy atom. The fraction of sp³-hybridized carbons (Fsp3) is 0.481. The van der Waals surface area contributed by atoms with Gasteiger partial charge in [-0.2, -0.15) is 0 Å². The van der Waals surface area contributed by atoms with Gasteiger partial charge in [-0.05, 0) is 75.9 Å². The minimum Gasteiger partial charge on any atom is -0.348 e. The molecule has 0 aliphatic heterocycles. The Balaban J connectivity index is 1.56. The van der Waals surface area contributed by atoms with Gasteiger partial charge in [-0.3, -0.25) is 9.59 Å². The Morgan fingerprint density at radius 1 is 1.12 bits per heavy atom. The highest BCUT2D eigenvalue weighted by Crippen LogP contribution is 2.32. The number of carbonyl (C=O) groups is 2. The van der Waals surface area contributed by atoms with Crippen LogP contribution in [-0.4, -0.2) is 34.4 Å². The predicted molar refractivity (Wildman–Crippen MR) is 131 cm³/mol. The molecule has 2 amide bonds. The van der Waals surface area contributed by atoms with Crippen molar-refractivity contribution < 1.29 is 9.59 Å². The SMILES string of the molecule is Cc1cc(/C=C/C(=O)NCc2ccc(C(=O)N(C)C(C)C)cc2)c(C)n1C1CCCCC1. The van der Waals surface area contributed by atoms with E-state index in [-0.39, 0.29) is 17.9 Å². The fourth-order valence-electron chi connectivity index (χ4n) is 4.49. The normalized spacial score (nSPS) is 14.8. The van der Waals surface area contributed by atoms with Crippen LogP contribution in [-0.2, 0) is 11.3 Å². The maximum atomic E-state index is 12.4. The number of hydrogen-bond donors (Lipinski definition) is 1. The summed E-state index contributed by atoms with van der Waals surface area (Å²) in [7, 11) is 1.81. The summed E-state index contributed by atoms with van der Waals surface area (Å²) in [5.41, 5.74) is 5.24. The highest BCUT2D eigenvalue weighted by atomic mass is 16.2. The van der Waals surface area contributed by atoms with Crippen LogP contribution < -0.4 is 5.32 Å². The first kappa shape index (κ1) is 23.8. The van der Waals surface area contributed by atoms with Crippen LogP contribution in [0.2, 0.25) is 0 Å². The molecule has 0 saturated heterocycles. The van der Waals surface area contributed by atoms with Crippen molar-refractivity contribution in [1.29, 1.82) is 0 Å². The second-order valence-corrected chi connectivity index (χ2v) is 9.25. The summed E-state index contributed by atoms with van der Waals surface area (Å²) in [6.07, 6.45) is 9.98. The summed E-state index contributed by atoms with van der Waals surface area (Å²) in [4.78, 5) is 26.5. The third-order valence-corrected chi connectivity index (χ3v) is 6.64. The van der Waals surface area contributed by atoms with E-state index in [1.165, 1.54) is 43.5 Å². The molecule has 0 unspecified atom stereocenters. The quantitative estimate of drug-likeness (QED) is 0.591. The van der Waals surface area contributed by atoms with Crippen molar-refractivity contribution in [3.8, 4) is 0 Å². The van der Waals surface area contributed by atoms with E-state index in [2.05, 4.69) is 29.8 Å². The Hall–Kier alpha value is -2.82. The van der Waals surface area contributed by atoms with Crippen LogP contribution in [0.4, 0.5) is 0 Å². The largest absolute Gasteiger partial charge is 0.348 e. The molecular formula is C27H37N3O2. The monoisotopic (exact) mass is 435 g/mol. The van der Waals surface area contributed by atoms with Gasteiger partial charge in [-0.25, -0.2) is 0 Å². The minimum atomic E-state index is -0.118. The summed E-state index contributed by atoms with van der Waals surface area (Å²) in [5.74, 6) is -0.114. The molecular weight excluding hydrogens is 398 g/mol. The first-order valence-electron chi connectivity index (χ1n) is 11.8. The van der Waals surface area contributed by atoms with Gasteiger partial charge >= 0.3 is 0 Å². The number of nitrogens with zero attached hydrogens (tertiary/aromatic N) is 2. The number of benzene rings is 1. The molecule has 1 heterocycles. The number of aryl methyl sites for hydroxylation is 1. The van der Waals surface area contributed by atoms with Gasteiger partial charge < -0.3 is 14.8 Å². The Labute approximate surface area is 192 Å². The van der Waals surface area contributed by atoms with Gasteiger partial charge in [0, 0.05) is 48.7 Å². The number of hydrogen-bond acceptors (Lipinski definition) is 2. The molecule has 2 aromatic rings. The number of nitrogens with one attached hydrogen (secondary N) is 1. The predicted octanol–water partition coefficient (Wildman–Crippen LogP) is 5.42. The van der Waals surface area contributed by atoms with Gasteiger partial charge in [-0.15, -0.1) is 0 Å². The molecule has 0 radical (unpaired) electrons. The van der Waals surface area contributed by atoms with Crippen LogP contribution >= 0.6 is 0 Å². The van der Waals surface area contributed by atoms with Crippen LogP contribution in [0.25, 0.3) is 6.08 Å². The maximum Gasteiger partial charge on any atom is 0.253 e. The van der Waals surface area contributed by atoms with E-state index in [0.29, 0.717) is 18.2 Å². The standard InChI is InChI=1S/C27H37N3O2/c1-19(2)29(5)27(32)23-13-11-22(12-14-23)18-28-26(31)16-15-24-17-20(3)30(21(24)4)25-9-7-6-8-10-25/h11-17,19,25H,6-10,18H2,1-5H3,(H,28,31)/b16-15+. The number of amides is 2. The molecule has 1 saturated carbocycles. The van der Waals surface area contributed by atoms with Crippen LogP contribution in [0.15, 0.2) is 36.4 Å². The summed E-state index contributed by atoms with van der Waals surface area (Å²) in [6, 6.07) is 10.3. The van der Waals surface area contributed by atoms with E-state index >= 15 is 0 Å². The lowest BCUT2D eigenvalue weighted by Crippen LogP contribution is -2.32. The lowest BCUT2D eigenvalue weighted by atomic mass is 9.95. The van der Waals surface area contributed by atoms with Crippen LogP contribution in [0.3, 0.4) is 0 Å². The molecule has 5 nitrogen and oxygen atoms in total. The second kappa shape index (κ2) is 10.7. The molecule has 32 heavy (non-hydrogen) atoms. The zero-order valence-electron chi connectivity index (χ0n) is 20.1. The summed E-state index contributed by atoms with van der Waals surface area (Å²) >= 11 is 0. The maximum absolute atomic E-state index is 12.4. The van der Waals surface area contributed by atoms with Gasteiger partial charge in [-0.1, -0.05) is 31.4 Å². The summed E-state index contributed by atoms with van der Waals surface area (Å²) in [5, 5.41) is 2.94. The Kier molecular flexibility index (Phi) is 7.94. The topological polar surface area (TPSA) is 54.3 Å². The molecule has 1 fully saturated rings. The zero-order valence-corrected chi connectivity index (χ0v) is 20.1. The van der Waals surface area contributed by atoms with Crippen molar-refractivity contribution >= 4 is 17.9 Å². The Bertz CT molecular complexity index is 964. The lowest BCUT2D eigenvalue weighted by Gasteiger charge is -2.26. The molecule has 5 heteroatoms. The van der Waals surface area contributed by atoms with E-state index in [1.54, 1.807) is 18.0 Å². The van der Waals surface area contributed by atoms with Crippen LogP contribution in [0.1, 0.15) is 84.9 Å². The van der Waals surface area contributed by atoms with Crippen LogP contribution in [0.5, 0.6) is 0 Å². The molecule has 172 valence electrons. The zero-order chi connectivity index (χ0) is 23.3.